The highest BCUT2D eigenvalue weighted by molar-refractivity contribution is 5.97. The molecule has 0 aromatic heterocycles. The number of piperidine rings is 1. The molecule has 0 radical (unpaired) electrons. The van der Waals surface area contributed by atoms with Crippen LogP contribution in [-0.2, 0) is 9.59 Å². The summed E-state index contributed by atoms with van der Waals surface area (Å²) in [6.45, 7) is 13.0. The second-order valence-corrected chi connectivity index (χ2v) is 7.42. The van der Waals surface area contributed by atoms with Gasteiger partial charge in [-0.25, -0.2) is 0 Å². The number of carbonyl (C=O) groups excluding carboxylic acids is 2. The zero-order valence-corrected chi connectivity index (χ0v) is 14.0. The van der Waals surface area contributed by atoms with Gasteiger partial charge in [-0.15, -0.1) is 0 Å². The Morgan fingerprint density at radius 2 is 1.95 bits per heavy atom. The molecule has 2 saturated heterocycles. The van der Waals surface area contributed by atoms with Gasteiger partial charge in [0.05, 0.1) is 0 Å². The molecule has 5 heteroatoms. The van der Waals surface area contributed by atoms with Crippen LogP contribution in [0, 0.1) is 5.41 Å². The summed E-state index contributed by atoms with van der Waals surface area (Å²) < 4.78 is 0. The number of nitrogens with one attached hydrogen (secondary N) is 1. The van der Waals surface area contributed by atoms with E-state index in [0.29, 0.717) is 0 Å². The van der Waals surface area contributed by atoms with Crippen LogP contribution in [-0.4, -0.2) is 59.4 Å². The monoisotopic (exact) mass is 295 g/mol. The van der Waals surface area contributed by atoms with Crippen molar-refractivity contribution in [3.63, 3.8) is 0 Å². The highest BCUT2D eigenvalue weighted by Gasteiger charge is 2.46. The van der Waals surface area contributed by atoms with Crippen molar-refractivity contribution in [2.24, 2.45) is 5.41 Å². The summed E-state index contributed by atoms with van der Waals surface area (Å²) in [5.41, 5.74) is -0.260. The van der Waals surface area contributed by atoms with Gasteiger partial charge in [0.25, 0.3) is 0 Å². The number of carbonyl (C=O) groups is 2. The van der Waals surface area contributed by atoms with E-state index in [2.05, 4.69) is 17.1 Å². The average Bonchev–Trinajstić information content (AvgIpc) is 2.42. The van der Waals surface area contributed by atoms with Crippen LogP contribution in [0.15, 0.2) is 0 Å². The van der Waals surface area contributed by atoms with Gasteiger partial charge in [-0.1, -0.05) is 27.7 Å². The zero-order chi connectivity index (χ0) is 15.8. The van der Waals surface area contributed by atoms with Gasteiger partial charge in [0.2, 0.25) is 11.8 Å². The Morgan fingerprint density at radius 3 is 2.52 bits per heavy atom. The lowest BCUT2D eigenvalue weighted by atomic mass is 9.83. The number of hydrogen-bond acceptors (Lipinski definition) is 3. The minimum Gasteiger partial charge on any atom is -0.342 e. The van der Waals surface area contributed by atoms with Crippen LogP contribution < -0.4 is 5.32 Å². The van der Waals surface area contributed by atoms with Crippen LogP contribution in [0.2, 0.25) is 0 Å². The molecule has 0 aromatic carbocycles. The Bertz CT molecular complexity index is 416. The molecule has 0 saturated carbocycles. The van der Waals surface area contributed by atoms with E-state index in [1.165, 1.54) is 0 Å². The lowest BCUT2D eigenvalue weighted by Crippen LogP contribution is -2.69. The SMILES string of the molecule is CCN1CCCC(N2C(=O)C(C(C)(C)C)NC(=O)C2C)C1. The molecule has 2 fully saturated rings. The first-order valence-electron chi connectivity index (χ1n) is 8.10. The number of amides is 2. The van der Waals surface area contributed by atoms with Crippen molar-refractivity contribution in [2.45, 2.75) is 65.6 Å². The summed E-state index contributed by atoms with van der Waals surface area (Å²) in [5, 5.41) is 2.91. The summed E-state index contributed by atoms with van der Waals surface area (Å²) in [6.07, 6.45) is 2.09. The maximum absolute atomic E-state index is 12.9. The predicted molar refractivity (Wildman–Crippen MR) is 82.8 cm³/mol. The van der Waals surface area contributed by atoms with Crippen molar-refractivity contribution in [1.29, 1.82) is 0 Å². The van der Waals surface area contributed by atoms with Gasteiger partial charge in [-0.2, -0.15) is 0 Å². The van der Waals surface area contributed by atoms with E-state index >= 15 is 0 Å². The third kappa shape index (κ3) is 3.23. The Hall–Kier alpha value is -1.10. The number of piperazine rings is 1. The Kier molecular flexibility index (Phi) is 4.61. The van der Waals surface area contributed by atoms with E-state index in [1.54, 1.807) is 0 Å². The van der Waals surface area contributed by atoms with Crippen molar-refractivity contribution >= 4 is 11.8 Å². The normalized spacial score (nSPS) is 32.2. The van der Waals surface area contributed by atoms with Crippen LogP contribution in [0.3, 0.4) is 0 Å². The molecule has 2 aliphatic rings. The molecule has 0 bridgehead atoms. The minimum atomic E-state index is -0.418. The highest BCUT2D eigenvalue weighted by Crippen LogP contribution is 2.28. The van der Waals surface area contributed by atoms with Crippen LogP contribution in [0.4, 0.5) is 0 Å². The number of nitrogens with zero attached hydrogens (tertiary/aromatic N) is 2. The number of hydrogen-bond donors (Lipinski definition) is 1. The third-order valence-corrected chi connectivity index (χ3v) is 4.77. The standard InChI is InChI=1S/C16H29N3O2/c1-6-18-9-7-8-12(10-18)19-11(2)14(20)17-13(15(19)21)16(3,4)5/h11-13H,6-10H2,1-5H3,(H,17,20). The largest absolute Gasteiger partial charge is 0.342 e. The molecule has 0 aromatic rings. The molecule has 5 nitrogen and oxygen atoms in total. The first-order chi connectivity index (χ1) is 9.75. The maximum Gasteiger partial charge on any atom is 0.246 e. The van der Waals surface area contributed by atoms with Gasteiger partial charge in [0.1, 0.15) is 12.1 Å². The Morgan fingerprint density at radius 1 is 1.29 bits per heavy atom. The Balaban J connectivity index is 2.22. The molecular weight excluding hydrogens is 266 g/mol. The quantitative estimate of drug-likeness (QED) is 0.834. The average molecular weight is 295 g/mol. The highest BCUT2D eigenvalue weighted by atomic mass is 16.2. The van der Waals surface area contributed by atoms with Crippen LogP contribution in [0.25, 0.3) is 0 Å². The number of likely N-dealkylation sites (N-methyl/N-ethyl adjacent to an activating group) is 1. The van der Waals surface area contributed by atoms with Gasteiger partial charge in [0, 0.05) is 12.6 Å². The Labute approximate surface area is 128 Å². The fourth-order valence-electron chi connectivity index (χ4n) is 3.42. The van der Waals surface area contributed by atoms with E-state index in [0.717, 1.165) is 32.5 Å². The van der Waals surface area contributed by atoms with Crippen molar-refractivity contribution in [3.05, 3.63) is 0 Å². The van der Waals surface area contributed by atoms with E-state index in [9.17, 15) is 9.59 Å². The smallest absolute Gasteiger partial charge is 0.246 e. The van der Waals surface area contributed by atoms with Gasteiger partial charge in [0.15, 0.2) is 0 Å². The molecule has 0 spiro atoms. The first kappa shape index (κ1) is 16.3. The van der Waals surface area contributed by atoms with Crippen LogP contribution in [0.5, 0.6) is 0 Å². The summed E-state index contributed by atoms with van der Waals surface area (Å²) in [4.78, 5) is 29.4. The van der Waals surface area contributed by atoms with Gasteiger partial charge in [-0.3, -0.25) is 9.59 Å². The van der Waals surface area contributed by atoms with Gasteiger partial charge < -0.3 is 15.1 Å². The van der Waals surface area contributed by atoms with E-state index in [4.69, 9.17) is 0 Å². The molecule has 2 amide bonds. The molecule has 2 aliphatic heterocycles. The van der Waals surface area contributed by atoms with Crippen molar-refractivity contribution in [2.75, 3.05) is 19.6 Å². The molecule has 3 unspecified atom stereocenters. The molecule has 21 heavy (non-hydrogen) atoms. The molecule has 0 aliphatic carbocycles. The lowest BCUT2D eigenvalue weighted by molar-refractivity contribution is -0.155. The van der Waals surface area contributed by atoms with Gasteiger partial charge >= 0.3 is 0 Å². The van der Waals surface area contributed by atoms with Crippen molar-refractivity contribution in [3.8, 4) is 0 Å². The van der Waals surface area contributed by atoms with Crippen LogP contribution >= 0.6 is 0 Å². The van der Waals surface area contributed by atoms with Crippen LogP contribution in [0.1, 0.15) is 47.5 Å². The molecule has 2 heterocycles. The van der Waals surface area contributed by atoms with E-state index in [1.807, 2.05) is 32.6 Å². The molecule has 3 atom stereocenters. The fraction of sp³-hybridized carbons (Fsp3) is 0.875. The van der Waals surface area contributed by atoms with Crippen molar-refractivity contribution < 1.29 is 9.59 Å². The molecular formula is C16H29N3O2. The summed E-state index contributed by atoms with van der Waals surface area (Å²) in [7, 11) is 0. The second kappa shape index (κ2) is 5.95. The van der Waals surface area contributed by atoms with Gasteiger partial charge in [-0.05, 0) is 38.3 Å². The summed E-state index contributed by atoms with van der Waals surface area (Å²) >= 11 is 0. The fourth-order valence-corrected chi connectivity index (χ4v) is 3.42. The topological polar surface area (TPSA) is 52.6 Å². The number of likely N-dealkylation sites (tertiary alicyclic amines) is 1. The van der Waals surface area contributed by atoms with E-state index in [-0.39, 0.29) is 29.3 Å². The molecule has 120 valence electrons. The molecule has 2 rings (SSSR count). The maximum atomic E-state index is 12.9. The first-order valence-corrected chi connectivity index (χ1v) is 8.10. The summed E-state index contributed by atoms with van der Waals surface area (Å²) in [6, 6.07) is -0.617. The zero-order valence-electron chi connectivity index (χ0n) is 14.0. The minimum absolute atomic E-state index is 0.0249. The second-order valence-electron chi connectivity index (χ2n) is 7.42. The predicted octanol–water partition coefficient (Wildman–Crippen LogP) is 1.23. The third-order valence-electron chi connectivity index (χ3n) is 4.77. The number of rotatable bonds is 2. The molecule has 1 N–H and O–H groups in total. The lowest BCUT2D eigenvalue weighted by Gasteiger charge is -2.47. The van der Waals surface area contributed by atoms with Crippen molar-refractivity contribution in [1.82, 2.24) is 15.1 Å². The van der Waals surface area contributed by atoms with E-state index < -0.39 is 6.04 Å². The summed E-state index contributed by atoms with van der Waals surface area (Å²) in [5.74, 6) is 0.0562.